The highest BCUT2D eigenvalue weighted by atomic mass is 16.3. The second kappa shape index (κ2) is 6.54. The number of β-amino-alcohol motifs (C(OH)–C–C–N with tert-alkyl or cyclic N) is 1. The lowest BCUT2D eigenvalue weighted by atomic mass is 9.89. The first kappa shape index (κ1) is 15.9. The van der Waals surface area contributed by atoms with Gasteiger partial charge in [-0.15, -0.1) is 0 Å². The third kappa shape index (κ3) is 4.25. The Morgan fingerprint density at radius 2 is 2.00 bits per heavy atom. The number of pyridine rings is 1. The Hall–Kier alpha value is -1.46. The predicted octanol–water partition coefficient (Wildman–Crippen LogP) is 1.25. The van der Waals surface area contributed by atoms with Crippen molar-refractivity contribution in [3.8, 4) is 0 Å². The van der Waals surface area contributed by atoms with E-state index in [-0.39, 0.29) is 17.4 Å². The lowest BCUT2D eigenvalue weighted by molar-refractivity contribution is 0.0137. The smallest absolute Gasteiger partial charge is 0.255 e. The zero-order valence-electron chi connectivity index (χ0n) is 13.1. The van der Waals surface area contributed by atoms with Crippen LogP contribution in [-0.2, 0) is 0 Å². The van der Waals surface area contributed by atoms with E-state index in [0.717, 1.165) is 13.1 Å². The molecule has 5 nitrogen and oxygen atoms in total. The van der Waals surface area contributed by atoms with Gasteiger partial charge in [0.15, 0.2) is 0 Å². The molecule has 1 amide bonds. The molecule has 0 spiro atoms. The lowest BCUT2D eigenvalue weighted by Gasteiger charge is -2.38. The number of amides is 1. The molecule has 2 rings (SSSR count). The van der Waals surface area contributed by atoms with Gasteiger partial charge in [-0.3, -0.25) is 14.7 Å². The summed E-state index contributed by atoms with van der Waals surface area (Å²) in [4.78, 5) is 20.4. The molecule has 0 bridgehead atoms. The molecule has 5 heteroatoms. The van der Waals surface area contributed by atoms with Crippen molar-refractivity contribution >= 4 is 5.91 Å². The van der Waals surface area contributed by atoms with Crippen LogP contribution in [0.1, 0.15) is 31.1 Å². The highest BCUT2D eigenvalue weighted by Crippen LogP contribution is 2.20. The number of nitrogens with zero attached hydrogens (tertiary/aromatic N) is 3. The van der Waals surface area contributed by atoms with Gasteiger partial charge < -0.3 is 10.0 Å². The van der Waals surface area contributed by atoms with E-state index < -0.39 is 0 Å². The third-order valence-corrected chi connectivity index (χ3v) is 4.00. The molecule has 0 radical (unpaired) electrons. The summed E-state index contributed by atoms with van der Waals surface area (Å²) in [7, 11) is 0. The average Bonchev–Trinajstić information content (AvgIpc) is 2.47. The van der Waals surface area contributed by atoms with Crippen LogP contribution < -0.4 is 0 Å². The Bertz CT molecular complexity index is 462. The first-order valence-corrected chi connectivity index (χ1v) is 7.47. The highest BCUT2D eigenvalue weighted by Gasteiger charge is 2.27. The van der Waals surface area contributed by atoms with Crippen molar-refractivity contribution in [1.82, 2.24) is 14.8 Å². The molecule has 1 aromatic heterocycles. The Morgan fingerprint density at radius 1 is 1.33 bits per heavy atom. The first-order valence-electron chi connectivity index (χ1n) is 7.47. The van der Waals surface area contributed by atoms with E-state index in [1.165, 1.54) is 0 Å². The summed E-state index contributed by atoms with van der Waals surface area (Å²) in [5.74, 6) is 0.0409. The highest BCUT2D eigenvalue weighted by molar-refractivity contribution is 5.93. The summed E-state index contributed by atoms with van der Waals surface area (Å²) in [6.45, 7) is 9.80. The van der Waals surface area contributed by atoms with Crippen molar-refractivity contribution in [3.63, 3.8) is 0 Å². The lowest BCUT2D eigenvalue weighted by Crippen LogP contribution is -2.51. The predicted molar refractivity (Wildman–Crippen MR) is 82.0 cm³/mol. The topological polar surface area (TPSA) is 56.7 Å². The van der Waals surface area contributed by atoms with Crippen LogP contribution in [0.4, 0.5) is 0 Å². The van der Waals surface area contributed by atoms with Gasteiger partial charge >= 0.3 is 0 Å². The number of aliphatic hydroxyl groups is 1. The Kier molecular flexibility index (Phi) is 4.96. The number of aromatic nitrogens is 1. The fourth-order valence-electron chi connectivity index (χ4n) is 2.32. The van der Waals surface area contributed by atoms with Gasteiger partial charge in [-0.2, -0.15) is 0 Å². The minimum Gasteiger partial charge on any atom is -0.391 e. The Balaban J connectivity index is 1.85. The van der Waals surface area contributed by atoms with Gasteiger partial charge in [0.05, 0.1) is 11.7 Å². The van der Waals surface area contributed by atoms with E-state index >= 15 is 0 Å². The molecule has 1 saturated heterocycles. The summed E-state index contributed by atoms with van der Waals surface area (Å²) < 4.78 is 0. The maximum absolute atomic E-state index is 12.3. The zero-order valence-corrected chi connectivity index (χ0v) is 13.1. The average molecular weight is 291 g/mol. The van der Waals surface area contributed by atoms with Gasteiger partial charge in [0, 0.05) is 45.1 Å². The molecule has 1 N–H and O–H groups in total. The molecule has 0 aromatic carbocycles. The molecule has 1 aliphatic rings. The molecule has 21 heavy (non-hydrogen) atoms. The van der Waals surface area contributed by atoms with Crippen LogP contribution in [0, 0.1) is 5.41 Å². The number of carbonyl (C=O) groups is 1. The SMILES string of the molecule is CC(C)(C)C(O)CN1CCN(C(=O)c2cccnc2)CC1. The van der Waals surface area contributed by atoms with Crippen LogP contribution in [-0.4, -0.2) is 64.6 Å². The molecule has 1 unspecified atom stereocenters. The monoisotopic (exact) mass is 291 g/mol. The fraction of sp³-hybridized carbons (Fsp3) is 0.625. The normalized spacial score (nSPS) is 18.6. The fourth-order valence-corrected chi connectivity index (χ4v) is 2.32. The quantitative estimate of drug-likeness (QED) is 0.910. The van der Waals surface area contributed by atoms with E-state index in [4.69, 9.17) is 0 Å². The molecule has 0 aliphatic carbocycles. The summed E-state index contributed by atoms with van der Waals surface area (Å²) in [6, 6.07) is 3.58. The molecular formula is C16H25N3O2. The molecule has 0 saturated carbocycles. The van der Waals surface area contributed by atoms with Gasteiger partial charge in [-0.25, -0.2) is 0 Å². The third-order valence-electron chi connectivity index (χ3n) is 4.00. The maximum Gasteiger partial charge on any atom is 0.255 e. The Morgan fingerprint density at radius 3 is 2.52 bits per heavy atom. The minimum absolute atomic E-state index is 0.0409. The Labute approximate surface area is 126 Å². The van der Waals surface area contributed by atoms with Gasteiger partial charge in [0.1, 0.15) is 0 Å². The summed E-state index contributed by atoms with van der Waals surface area (Å²) in [5.41, 5.74) is 0.531. The van der Waals surface area contributed by atoms with Gasteiger partial charge in [-0.05, 0) is 17.5 Å². The van der Waals surface area contributed by atoms with Crippen LogP contribution in [0.5, 0.6) is 0 Å². The molecule has 1 fully saturated rings. The van der Waals surface area contributed by atoms with Gasteiger partial charge in [-0.1, -0.05) is 20.8 Å². The molecule has 1 atom stereocenters. The largest absolute Gasteiger partial charge is 0.391 e. The molecule has 116 valence electrons. The summed E-state index contributed by atoms with van der Waals surface area (Å²) >= 11 is 0. The van der Waals surface area contributed by atoms with Crippen molar-refractivity contribution in [2.45, 2.75) is 26.9 Å². The molecule has 1 aromatic rings. The van der Waals surface area contributed by atoms with E-state index in [1.807, 2.05) is 25.7 Å². The first-order chi connectivity index (χ1) is 9.88. The number of aliphatic hydroxyl groups excluding tert-OH is 1. The van der Waals surface area contributed by atoms with Crippen molar-refractivity contribution in [2.24, 2.45) is 5.41 Å². The van der Waals surface area contributed by atoms with Crippen LogP contribution >= 0.6 is 0 Å². The second-order valence-electron chi connectivity index (χ2n) is 6.72. The van der Waals surface area contributed by atoms with Crippen LogP contribution in [0.3, 0.4) is 0 Å². The maximum atomic E-state index is 12.3. The summed E-state index contributed by atoms with van der Waals surface area (Å²) in [6.07, 6.45) is 2.93. The molecular weight excluding hydrogens is 266 g/mol. The van der Waals surface area contributed by atoms with Crippen molar-refractivity contribution in [3.05, 3.63) is 30.1 Å². The standard InChI is InChI=1S/C16H25N3O2/c1-16(2,3)14(20)12-18-7-9-19(10-8-18)15(21)13-5-4-6-17-11-13/h4-6,11,14,20H,7-10,12H2,1-3H3. The molecule has 2 heterocycles. The van der Waals surface area contributed by atoms with Gasteiger partial charge in [0.2, 0.25) is 0 Å². The van der Waals surface area contributed by atoms with Crippen molar-refractivity contribution in [1.29, 1.82) is 0 Å². The summed E-state index contributed by atoms with van der Waals surface area (Å²) in [5, 5.41) is 10.2. The number of carbonyl (C=O) groups excluding carboxylic acids is 1. The minimum atomic E-state index is -0.349. The number of hydrogen-bond donors (Lipinski definition) is 1. The van der Waals surface area contributed by atoms with E-state index in [0.29, 0.717) is 25.2 Å². The zero-order chi connectivity index (χ0) is 15.5. The van der Waals surface area contributed by atoms with Crippen LogP contribution in [0.15, 0.2) is 24.5 Å². The van der Waals surface area contributed by atoms with E-state index in [9.17, 15) is 9.90 Å². The number of piperazine rings is 1. The molecule has 1 aliphatic heterocycles. The van der Waals surface area contributed by atoms with E-state index in [1.54, 1.807) is 24.5 Å². The van der Waals surface area contributed by atoms with Crippen molar-refractivity contribution in [2.75, 3.05) is 32.7 Å². The van der Waals surface area contributed by atoms with Gasteiger partial charge in [0.25, 0.3) is 5.91 Å². The van der Waals surface area contributed by atoms with E-state index in [2.05, 4.69) is 9.88 Å². The van der Waals surface area contributed by atoms with Crippen LogP contribution in [0.2, 0.25) is 0 Å². The number of hydrogen-bond acceptors (Lipinski definition) is 4. The number of rotatable bonds is 3. The second-order valence-corrected chi connectivity index (χ2v) is 6.72. The van der Waals surface area contributed by atoms with Crippen molar-refractivity contribution < 1.29 is 9.90 Å². The van der Waals surface area contributed by atoms with Crippen LogP contribution in [0.25, 0.3) is 0 Å².